The van der Waals surface area contributed by atoms with Crippen molar-refractivity contribution in [3.63, 3.8) is 0 Å². The molecule has 2 aliphatic rings. The summed E-state index contributed by atoms with van der Waals surface area (Å²) < 4.78 is 13.6. The summed E-state index contributed by atoms with van der Waals surface area (Å²) >= 11 is 1.22. The molecule has 3 amide bonds. The van der Waals surface area contributed by atoms with Gasteiger partial charge < -0.3 is 5.32 Å². The van der Waals surface area contributed by atoms with E-state index in [1.54, 1.807) is 6.07 Å². The van der Waals surface area contributed by atoms with Gasteiger partial charge in [-0.2, -0.15) is 0 Å². The van der Waals surface area contributed by atoms with Gasteiger partial charge in [0.15, 0.2) is 0 Å². The number of nitrogens with zero attached hydrogens (tertiary/aromatic N) is 2. The van der Waals surface area contributed by atoms with Crippen LogP contribution in [0, 0.1) is 19.7 Å². The van der Waals surface area contributed by atoms with E-state index in [4.69, 9.17) is 0 Å². The minimum absolute atomic E-state index is 0.0970. The monoisotopic (exact) mass is 475 g/mol. The summed E-state index contributed by atoms with van der Waals surface area (Å²) in [6, 6.07) is 18.5. The number of fused-ring (bicyclic) bond motifs is 2. The summed E-state index contributed by atoms with van der Waals surface area (Å²) in [5.41, 5.74) is 4.19. The third-order valence-electron chi connectivity index (χ3n) is 6.12. The van der Waals surface area contributed by atoms with E-state index in [1.165, 1.54) is 45.8 Å². The Bertz CT molecular complexity index is 1330. The number of thioether (sulfide) groups is 1. The van der Waals surface area contributed by atoms with Crippen molar-refractivity contribution in [3.05, 3.63) is 89.2 Å². The maximum Gasteiger partial charge on any atom is 0.269 e. The highest BCUT2D eigenvalue weighted by atomic mass is 32.2. The first-order chi connectivity index (χ1) is 16.3. The van der Waals surface area contributed by atoms with Gasteiger partial charge in [0.2, 0.25) is 16.7 Å². The van der Waals surface area contributed by atoms with E-state index >= 15 is 0 Å². The number of hydrogen-bond donors (Lipinski definition) is 1. The van der Waals surface area contributed by atoms with E-state index < -0.39 is 10.7 Å². The van der Waals surface area contributed by atoms with Crippen LogP contribution >= 0.6 is 11.8 Å². The van der Waals surface area contributed by atoms with Gasteiger partial charge in [-0.3, -0.25) is 24.2 Å². The number of aryl methyl sites for hydroxylation is 2. The molecule has 0 aromatic heterocycles. The molecule has 0 aliphatic carbocycles. The molecule has 1 unspecified atom stereocenters. The lowest BCUT2D eigenvalue weighted by molar-refractivity contribution is -0.124. The highest BCUT2D eigenvalue weighted by molar-refractivity contribution is 8.02. The Hall–Kier alpha value is -3.65. The Kier molecular flexibility index (Phi) is 5.40. The molecule has 1 fully saturated rings. The topological polar surface area (TPSA) is 69.7 Å². The van der Waals surface area contributed by atoms with Gasteiger partial charge in [0.05, 0.1) is 11.4 Å². The largest absolute Gasteiger partial charge is 0.324 e. The maximum absolute atomic E-state index is 14.0. The summed E-state index contributed by atoms with van der Waals surface area (Å²) in [4.78, 5) is 41.5. The lowest BCUT2D eigenvalue weighted by atomic mass is 10.0. The Morgan fingerprint density at radius 3 is 2.53 bits per heavy atom. The molecule has 0 radical (unpaired) electrons. The number of para-hydroxylation sites is 1. The average Bonchev–Trinajstić information content (AvgIpc) is 3.27. The van der Waals surface area contributed by atoms with Gasteiger partial charge in [0.25, 0.3) is 5.91 Å². The molecule has 3 aromatic rings. The van der Waals surface area contributed by atoms with Crippen molar-refractivity contribution in [1.29, 1.82) is 0 Å². The highest BCUT2D eigenvalue weighted by Crippen LogP contribution is 2.55. The van der Waals surface area contributed by atoms with Gasteiger partial charge in [-0.05, 0) is 55.8 Å². The van der Waals surface area contributed by atoms with Gasteiger partial charge in [-0.25, -0.2) is 4.39 Å². The number of nitrogens with one attached hydrogen (secondary N) is 1. The molecule has 6 nitrogen and oxygen atoms in total. The molecule has 1 saturated heterocycles. The second-order valence-electron chi connectivity index (χ2n) is 8.41. The lowest BCUT2D eigenvalue weighted by Crippen LogP contribution is -2.50. The maximum atomic E-state index is 14.0. The van der Waals surface area contributed by atoms with Crippen LogP contribution in [0.2, 0.25) is 0 Å². The molecule has 2 aliphatic heterocycles. The minimum atomic E-state index is -1.35. The molecule has 2 heterocycles. The summed E-state index contributed by atoms with van der Waals surface area (Å²) in [5.74, 6) is -1.29. The lowest BCUT2D eigenvalue weighted by Gasteiger charge is -2.33. The number of rotatable bonds is 4. The summed E-state index contributed by atoms with van der Waals surface area (Å²) in [6.45, 7) is 3.61. The van der Waals surface area contributed by atoms with Crippen LogP contribution in [0.25, 0.3) is 0 Å². The van der Waals surface area contributed by atoms with Gasteiger partial charge in [0, 0.05) is 16.9 Å². The van der Waals surface area contributed by atoms with Crippen LogP contribution in [0.1, 0.15) is 16.7 Å². The van der Waals surface area contributed by atoms with Crippen molar-refractivity contribution < 1.29 is 18.8 Å². The molecule has 1 atom stereocenters. The molecule has 0 bridgehead atoms. The van der Waals surface area contributed by atoms with Crippen LogP contribution in [0.4, 0.5) is 21.5 Å². The van der Waals surface area contributed by atoms with Crippen molar-refractivity contribution in [2.45, 2.75) is 18.7 Å². The average molecular weight is 476 g/mol. The number of hydrogen-bond acceptors (Lipinski definition) is 4. The van der Waals surface area contributed by atoms with Gasteiger partial charge in [-0.1, -0.05) is 35.9 Å². The van der Waals surface area contributed by atoms with Crippen molar-refractivity contribution in [1.82, 2.24) is 0 Å². The number of carbonyl (C=O) groups is 3. The molecular formula is C26H22FN3O3S. The fourth-order valence-corrected chi connectivity index (χ4v) is 5.86. The zero-order valence-electron chi connectivity index (χ0n) is 18.7. The number of anilines is 3. The Balaban J connectivity index is 1.55. The zero-order chi connectivity index (χ0) is 24.0. The van der Waals surface area contributed by atoms with Crippen LogP contribution in [0.15, 0.2) is 66.7 Å². The second kappa shape index (κ2) is 8.29. The predicted molar refractivity (Wildman–Crippen MR) is 131 cm³/mol. The third-order valence-corrected chi connectivity index (χ3v) is 7.50. The third kappa shape index (κ3) is 3.45. The molecular weight excluding hydrogens is 453 g/mol. The second-order valence-corrected chi connectivity index (χ2v) is 9.58. The smallest absolute Gasteiger partial charge is 0.269 e. The summed E-state index contributed by atoms with van der Waals surface area (Å²) in [5, 5.41) is 2.87. The van der Waals surface area contributed by atoms with Crippen LogP contribution in [-0.2, 0) is 19.3 Å². The first-order valence-corrected chi connectivity index (χ1v) is 11.8. The van der Waals surface area contributed by atoms with Crippen LogP contribution in [0.3, 0.4) is 0 Å². The quantitative estimate of drug-likeness (QED) is 0.609. The molecule has 8 heteroatoms. The van der Waals surface area contributed by atoms with Crippen LogP contribution < -0.4 is 15.1 Å². The number of carbonyl (C=O) groups excluding carboxylic acids is 3. The van der Waals surface area contributed by atoms with Crippen molar-refractivity contribution in [2.75, 3.05) is 27.4 Å². The van der Waals surface area contributed by atoms with E-state index in [9.17, 15) is 18.8 Å². The van der Waals surface area contributed by atoms with E-state index in [2.05, 4.69) is 5.32 Å². The Morgan fingerprint density at radius 1 is 1.06 bits per heavy atom. The van der Waals surface area contributed by atoms with Gasteiger partial charge >= 0.3 is 0 Å². The molecule has 0 saturated carbocycles. The fourth-order valence-electron chi connectivity index (χ4n) is 4.51. The highest BCUT2D eigenvalue weighted by Gasteiger charge is 2.61. The normalized spacial score (nSPS) is 19.1. The molecule has 5 rings (SSSR count). The standard InChI is InChI=1S/C26H22FN3O3S/c1-16-7-12-22-20(13-16)26(30(24(32)15-34-26)19-10-8-18(27)9-11-19)25(33)29(22)14-23(31)28-21-6-4-3-5-17(21)2/h3-13H,14-15H2,1-2H3,(H,28,31). The zero-order valence-corrected chi connectivity index (χ0v) is 19.5. The van der Waals surface area contributed by atoms with Crippen molar-refractivity contribution in [2.24, 2.45) is 0 Å². The molecule has 1 spiro atoms. The minimum Gasteiger partial charge on any atom is -0.324 e. The first-order valence-electron chi connectivity index (χ1n) is 10.8. The van der Waals surface area contributed by atoms with E-state index in [-0.39, 0.29) is 30.0 Å². The Labute approximate surface area is 200 Å². The van der Waals surface area contributed by atoms with E-state index in [0.717, 1.165) is 11.1 Å². The van der Waals surface area contributed by atoms with Crippen LogP contribution in [0.5, 0.6) is 0 Å². The van der Waals surface area contributed by atoms with Crippen LogP contribution in [-0.4, -0.2) is 30.0 Å². The van der Waals surface area contributed by atoms with Crippen molar-refractivity contribution in [3.8, 4) is 0 Å². The number of benzene rings is 3. The molecule has 1 N–H and O–H groups in total. The number of amides is 3. The summed E-state index contributed by atoms with van der Waals surface area (Å²) in [7, 11) is 0. The SMILES string of the molecule is Cc1ccc2c(c1)C1(SCC(=O)N1c1ccc(F)cc1)C(=O)N2CC(=O)Nc1ccccc1C. The van der Waals surface area contributed by atoms with Gasteiger partial charge in [0.1, 0.15) is 12.4 Å². The first kappa shape index (κ1) is 22.2. The number of halogens is 1. The van der Waals surface area contributed by atoms with E-state index in [0.29, 0.717) is 22.6 Å². The predicted octanol–water partition coefficient (Wildman–Crippen LogP) is 4.36. The van der Waals surface area contributed by atoms with Gasteiger partial charge in [-0.15, -0.1) is 11.8 Å². The van der Waals surface area contributed by atoms with E-state index in [1.807, 2.05) is 50.2 Å². The molecule has 172 valence electrons. The Morgan fingerprint density at radius 2 is 1.79 bits per heavy atom. The molecule has 3 aromatic carbocycles. The fraction of sp³-hybridized carbons (Fsp3) is 0.192. The molecule has 34 heavy (non-hydrogen) atoms. The van der Waals surface area contributed by atoms with Crippen molar-refractivity contribution >= 4 is 46.5 Å². The summed E-state index contributed by atoms with van der Waals surface area (Å²) in [6.07, 6.45) is 0.